The van der Waals surface area contributed by atoms with Gasteiger partial charge in [-0.05, 0) is 55.3 Å². The number of nitrogens with two attached hydrogens (primary N) is 1. The van der Waals surface area contributed by atoms with E-state index in [0.29, 0.717) is 17.8 Å². The lowest BCUT2D eigenvalue weighted by Gasteiger charge is -2.49. The lowest BCUT2D eigenvalue weighted by atomic mass is 9.57. The molecule has 0 saturated heterocycles. The zero-order valence-corrected chi connectivity index (χ0v) is 14.0. The van der Waals surface area contributed by atoms with Gasteiger partial charge in [0.2, 0.25) is 0 Å². The Morgan fingerprint density at radius 1 is 1.14 bits per heavy atom. The minimum Gasteiger partial charge on any atom is -0.480 e. The van der Waals surface area contributed by atoms with Gasteiger partial charge in [0.05, 0.1) is 0 Å². The molecule has 2 saturated carbocycles. The first kappa shape index (κ1) is 16.8. The number of hydrogen-bond donors (Lipinski definition) is 2. The Morgan fingerprint density at radius 2 is 1.76 bits per heavy atom. The molecule has 2 aliphatic carbocycles. The Bertz CT molecular complexity index is 362. The van der Waals surface area contributed by atoms with Crippen LogP contribution in [0.3, 0.4) is 0 Å². The summed E-state index contributed by atoms with van der Waals surface area (Å²) >= 11 is 0. The van der Waals surface area contributed by atoms with Crippen LogP contribution >= 0.6 is 0 Å². The molecule has 4 atom stereocenters. The molecular weight excluding hydrogens is 262 g/mol. The van der Waals surface area contributed by atoms with E-state index in [1.807, 2.05) is 0 Å². The highest BCUT2D eigenvalue weighted by molar-refractivity contribution is 5.79. The van der Waals surface area contributed by atoms with Crippen LogP contribution in [0.25, 0.3) is 0 Å². The quantitative estimate of drug-likeness (QED) is 0.822. The van der Waals surface area contributed by atoms with E-state index < -0.39 is 11.5 Å². The van der Waals surface area contributed by atoms with Crippen molar-refractivity contribution in [1.82, 2.24) is 0 Å². The fourth-order valence-corrected chi connectivity index (χ4v) is 4.97. The van der Waals surface area contributed by atoms with Gasteiger partial charge in [0.1, 0.15) is 5.54 Å². The first-order valence-corrected chi connectivity index (χ1v) is 8.89. The molecule has 0 aromatic rings. The first-order chi connectivity index (χ1) is 9.87. The van der Waals surface area contributed by atoms with Gasteiger partial charge >= 0.3 is 5.97 Å². The molecule has 0 spiro atoms. The van der Waals surface area contributed by atoms with Gasteiger partial charge in [0.15, 0.2) is 0 Å². The van der Waals surface area contributed by atoms with E-state index >= 15 is 0 Å². The molecule has 0 aliphatic heterocycles. The Morgan fingerprint density at radius 3 is 2.29 bits per heavy atom. The lowest BCUT2D eigenvalue weighted by Crippen LogP contribution is -2.63. The van der Waals surface area contributed by atoms with Crippen molar-refractivity contribution in [1.29, 1.82) is 0 Å². The maximum atomic E-state index is 12.2. The fraction of sp³-hybridized carbons (Fsp3) is 0.944. The fourth-order valence-electron chi connectivity index (χ4n) is 4.97. The van der Waals surface area contributed by atoms with Crippen molar-refractivity contribution in [2.24, 2.45) is 35.3 Å². The van der Waals surface area contributed by atoms with Gasteiger partial charge in [0.25, 0.3) is 0 Å². The van der Waals surface area contributed by atoms with E-state index in [0.717, 1.165) is 38.5 Å². The maximum absolute atomic E-state index is 12.2. The second-order valence-electron chi connectivity index (χ2n) is 8.01. The average Bonchev–Trinajstić information content (AvgIpc) is 2.46. The monoisotopic (exact) mass is 295 g/mol. The molecule has 0 bridgehead atoms. The molecule has 2 rings (SSSR count). The maximum Gasteiger partial charge on any atom is 0.324 e. The van der Waals surface area contributed by atoms with Crippen LogP contribution < -0.4 is 5.73 Å². The molecule has 0 unspecified atom stereocenters. The van der Waals surface area contributed by atoms with E-state index in [1.54, 1.807) is 0 Å². The van der Waals surface area contributed by atoms with Crippen molar-refractivity contribution < 1.29 is 9.90 Å². The summed E-state index contributed by atoms with van der Waals surface area (Å²) in [5.41, 5.74) is 5.67. The largest absolute Gasteiger partial charge is 0.480 e. The SMILES string of the molecule is CC(C)[C@H]1CC[C@H](C)C[C@@H]1[C@](N)(C(=O)O)C1CCCCC1. The molecule has 122 valence electrons. The van der Waals surface area contributed by atoms with E-state index in [2.05, 4.69) is 20.8 Å². The summed E-state index contributed by atoms with van der Waals surface area (Å²) in [5.74, 6) is 1.15. The van der Waals surface area contributed by atoms with Crippen molar-refractivity contribution in [3.05, 3.63) is 0 Å². The molecule has 21 heavy (non-hydrogen) atoms. The molecule has 0 aromatic carbocycles. The molecular formula is C18H33NO2. The summed E-state index contributed by atoms with van der Waals surface area (Å²) in [5, 5.41) is 10.00. The number of aliphatic carboxylic acids is 1. The lowest BCUT2D eigenvalue weighted by molar-refractivity contribution is -0.152. The Labute approximate surface area is 129 Å². The molecule has 3 N–H and O–H groups in total. The Hall–Kier alpha value is -0.570. The molecule has 2 fully saturated rings. The average molecular weight is 295 g/mol. The standard InChI is InChI=1S/C18H33NO2/c1-12(2)15-10-9-13(3)11-16(15)18(19,17(20)21)14-7-5-4-6-8-14/h12-16H,4-11,19H2,1-3H3,(H,20,21)/t13-,15+,16-,18-/m0/s1. The third-order valence-electron chi connectivity index (χ3n) is 6.29. The zero-order valence-electron chi connectivity index (χ0n) is 14.0. The van der Waals surface area contributed by atoms with Crippen LogP contribution in [0.4, 0.5) is 0 Å². The number of carboxylic acids is 1. The van der Waals surface area contributed by atoms with Crippen molar-refractivity contribution in [3.8, 4) is 0 Å². The summed E-state index contributed by atoms with van der Waals surface area (Å²) in [6.07, 6.45) is 8.87. The van der Waals surface area contributed by atoms with Gasteiger partial charge in [0, 0.05) is 0 Å². The third-order valence-corrected chi connectivity index (χ3v) is 6.29. The Balaban J connectivity index is 2.30. The van der Waals surface area contributed by atoms with E-state index in [4.69, 9.17) is 5.73 Å². The summed E-state index contributed by atoms with van der Waals surface area (Å²) in [4.78, 5) is 12.2. The summed E-state index contributed by atoms with van der Waals surface area (Å²) in [6, 6.07) is 0. The Kier molecular flexibility index (Phi) is 5.34. The second kappa shape index (κ2) is 6.68. The molecule has 0 amide bonds. The topological polar surface area (TPSA) is 63.3 Å². The first-order valence-electron chi connectivity index (χ1n) is 8.89. The van der Waals surface area contributed by atoms with Crippen LogP contribution in [0.2, 0.25) is 0 Å². The highest BCUT2D eigenvalue weighted by Gasteiger charge is 2.52. The minimum atomic E-state index is -1.01. The van der Waals surface area contributed by atoms with E-state index in [-0.39, 0.29) is 11.8 Å². The number of hydrogen-bond acceptors (Lipinski definition) is 2. The molecule has 0 heterocycles. The van der Waals surface area contributed by atoms with Crippen molar-refractivity contribution in [2.75, 3.05) is 0 Å². The van der Waals surface area contributed by atoms with Crippen LogP contribution in [0.1, 0.15) is 72.1 Å². The third kappa shape index (κ3) is 3.28. The van der Waals surface area contributed by atoms with Gasteiger partial charge in [-0.25, -0.2) is 0 Å². The number of carboxylic acid groups (broad SMARTS) is 1. The van der Waals surface area contributed by atoms with Crippen LogP contribution in [0, 0.1) is 29.6 Å². The summed E-state index contributed by atoms with van der Waals surface area (Å²) in [7, 11) is 0. The summed E-state index contributed by atoms with van der Waals surface area (Å²) < 4.78 is 0. The van der Waals surface area contributed by atoms with E-state index in [9.17, 15) is 9.90 Å². The predicted octanol–water partition coefficient (Wildman–Crippen LogP) is 4.06. The summed E-state index contributed by atoms with van der Waals surface area (Å²) in [6.45, 7) is 6.72. The van der Waals surface area contributed by atoms with Gasteiger partial charge in [-0.15, -0.1) is 0 Å². The normalized spacial score (nSPS) is 34.6. The van der Waals surface area contributed by atoms with Crippen molar-refractivity contribution >= 4 is 5.97 Å². The molecule has 3 nitrogen and oxygen atoms in total. The number of carbonyl (C=O) groups is 1. The van der Waals surface area contributed by atoms with Crippen molar-refractivity contribution in [3.63, 3.8) is 0 Å². The minimum absolute atomic E-state index is 0.141. The van der Waals surface area contributed by atoms with Gasteiger partial charge in [-0.3, -0.25) is 4.79 Å². The molecule has 0 radical (unpaired) electrons. The molecule has 3 heteroatoms. The number of rotatable bonds is 4. The van der Waals surface area contributed by atoms with Gasteiger partial charge < -0.3 is 10.8 Å². The second-order valence-corrected chi connectivity index (χ2v) is 8.01. The molecule has 2 aliphatic rings. The zero-order chi connectivity index (χ0) is 15.6. The van der Waals surface area contributed by atoms with Crippen LogP contribution in [-0.2, 0) is 4.79 Å². The highest BCUT2D eigenvalue weighted by Crippen LogP contribution is 2.47. The smallest absolute Gasteiger partial charge is 0.324 e. The highest BCUT2D eigenvalue weighted by atomic mass is 16.4. The van der Waals surface area contributed by atoms with Crippen LogP contribution in [0.5, 0.6) is 0 Å². The van der Waals surface area contributed by atoms with Crippen LogP contribution in [-0.4, -0.2) is 16.6 Å². The molecule has 0 aromatic heterocycles. The predicted molar refractivity (Wildman–Crippen MR) is 86.0 cm³/mol. The van der Waals surface area contributed by atoms with E-state index in [1.165, 1.54) is 12.8 Å². The van der Waals surface area contributed by atoms with Crippen molar-refractivity contribution in [2.45, 2.75) is 77.7 Å². The van der Waals surface area contributed by atoms with Gasteiger partial charge in [-0.1, -0.05) is 46.5 Å². The van der Waals surface area contributed by atoms with Gasteiger partial charge in [-0.2, -0.15) is 0 Å². The van der Waals surface area contributed by atoms with Crippen LogP contribution in [0.15, 0.2) is 0 Å².